The zero-order chi connectivity index (χ0) is 14.1. The molecular formula is C14H15BrN4S. The van der Waals surface area contributed by atoms with Gasteiger partial charge in [0.15, 0.2) is 5.13 Å². The number of thiazole rings is 1. The number of aromatic amines is 1. The number of nitrogens with one attached hydrogen (secondary N) is 1. The summed E-state index contributed by atoms with van der Waals surface area (Å²) in [6, 6.07) is 4.16. The van der Waals surface area contributed by atoms with Crippen molar-refractivity contribution >= 4 is 43.4 Å². The van der Waals surface area contributed by atoms with Gasteiger partial charge in [-0.05, 0) is 37.5 Å². The topological polar surface area (TPSA) is 67.6 Å². The minimum Gasteiger partial charge on any atom is -0.375 e. The van der Waals surface area contributed by atoms with Crippen LogP contribution in [-0.2, 0) is 12.8 Å². The number of hydrogen-bond donors (Lipinski definition) is 2. The largest absolute Gasteiger partial charge is 0.375 e. The third-order valence-electron chi connectivity index (χ3n) is 3.21. The van der Waals surface area contributed by atoms with E-state index < -0.39 is 0 Å². The Kier molecular flexibility index (Phi) is 3.76. The summed E-state index contributed by atoms with van der Waals surface area (Å²) >= 11 is 5.01. The van der Waals surface area contributed by atoms with Crippen LogP contribution in [0, 0.1) is 6.92 Å². The third kappa shape index (κ3) is 2.86. The number of aryl methyl sites for hydroxylation is 3. The number of nitrogens with two attached hydrogens (primary N) is 1. The van der Waals surface area contributed by atoms with Gasteiger partial charge in [-0.15, -0.1) is 11.3 Å². The lowest BCUT2D eigenvalue weighted by Crippen LogP contribution is -1.93. The molecular weight excluding hydrogens is 336 g/mol. The normalized spacial score (nSPS) is 11.3. The fourth-order valence-electron chi connectivity index (χ4n) is 2.29. The van der Waals surface area contributed by atoms with Gasteiger partial charge in [-0.2, -0.15) is 0 Å². The van der Waals surface area contributed by atoms with E-state index in [1.54, 1.807) is 0 Å². The smallest absolute Gasteiger partial charge is 0.180 e. The summed E-state index contributed by atoms with van der Waals surface area (Å²) in [6.07, 6.45) is 2.87. The van der Waals surface area contributed by atoms with Crippen LogP contribution in [0.3, 0.4) is 0 Å². The molecule has 0 spiro atoms. The molecule has 0 aliphatic rings. The Morgan fingerprint density at radius 2 is 2.15 bits per heavy atom. The number of halogens is 1. The summed E-state index contributed by atoms with van der Waals surface area (Å²) in [5.41, 5.74) is 10.0. The summed E-state index contributed by atoms with van der Waals surface area (Å²) in [6.45, 7) is 2.08. The highest BCUT2D eigenvalue weighted by Crippen LogP contribution is 2.22. The Bertz CT molecular complexity index is 747. The Labute approximate surface area is 129 Å². The number of benzene rings is 1. The molecule has 0 aliphatic carbocycles. The van der Waals surface area contributed by atoms with Gasteiger partial charge in [-0.1, -0.05) is 15.9 Å². The van der Waals surface area contributed by atoms with Crippen molar-refractivity contribution in [1.29, 1.82) is 0 Å². The van der Waals surface area contributed by atoms with Crippen molar-refractivity contribution in [2.24, 2.45) is 0 Å². The van der Waals surface area contributed by atoms with Crippen LogP contribution < -0.4 is 5.73 Å². The number of H-pyrrole nitrogens is 1. The minimum atomic E-state index is 0.643. The average Bonchev–Trinajstić information content (AvgIpc) is 2.96. The average molecular weight is 351 g/mol. The fourth-order valence-corrected chi connectivity index (χ4v) is 3.46. The first-order valence-electron chi connectivity index (χ1n) is 6.46. The molecule has 1 aromatic carbocycles. The van der Waals surface area contributed by atoms with E-state index in [9.17, 15) is 0 Å². The first kappa shape index (κ1) is 13.6. The molecule has 0 bridgehead atoms. The molecule has 2 heterocycles. The minimum absolute atomic E-state index is 0.643. The van der Waals surface area contributed by atoms with Gasteiger partial charge in [0, 0.05) is 16.3 Å². The molecule has 0 fully saturated rings. The summed E-state index contributed by atoms with van der Waals surface area (Å²) in [5.74, 6) is 1.03. The van der Waals surface area contributed by atoms with E-state index in [0.717, 1.165) is 46.3 Å². The highest BCUT2D eigenvalue weighted by molar-refractivity contribution is 9.10. The maximum absolute atomic E-state index is 5.63. The van der Waals surface area contributed by atoms with Gasteiger partial charge in [-0.3, -0.25) is 0 Å². The van der Waals surface area contributed by atoms with Gasteiger partial charge in [0.05, 0.1) is 16.7 Å². The monoisotopic (exact) mass is 350 g/mol. The number of aromatic nitrogens is 3. The quantitative estimate of drug-likeness (QED) is 0.750. The van der Waals surface area contributed by atoms with E-state index in [4.69, 9.17) is 5.73 Å². The molecule has 3 rings (SSSR count). The van der Waals surface area contributed by atoms with E-state index >= 15 is 0 Å². The zero-order valence-corrected chi connectivity index (χ0v) is 13.5. The summed E-state index contributed by atoms with van der Waals surface area (Å²) in [7, 11) is 0. The highest BCUT2D eigenvalue weighted by atomic mass is 79.9. The van der Waals surface area contributed by atoms with Crippen LogP contribution in [-0.4, -0.2) is 15.0 Å². The van der Waals surface area contributed by atoms with E-state index in [0.29, 0.717) is 5.13 Å². The predicted octanol–water partition coefficient (Wildman–Crippen LogP) is 3.85. The van der Waals surface area contributed by atoms with Crippen molar-refractivity contribution in [3.63, 3.8) is 0 Å². The predicted molar refractivity (Wildman–Crippen MR) is 87.1 cm³/mol. The van der Waals surface area contributed by atoms with E-state index in [-0.39, 0.29) is 0 Å². The van der Waals surface area contributed by atoms with Crippen LogP contribution in [0.5, 0.6) is 0 Å². The van der Waals surface area contributed by atoms with Crippen LogP contribution in [0.2, 0.25) is 0 Å². The molecule has 4 nitrogen and oxygen atoms in total. The van der Waals surface area contributed by atoms with E-state index in [1.807, 2.05) is 5.38 Å². The maximum atomic E-state index is 5.63. The van der Waals surface area contributed by atoms with Crippen LogP contribution in [0.4, 0.5) is 5.13 Å². The highest BCUT2D eigenvalue weighted by Gasteiger charge is 2.07. The molecule has 0 saturated heterocycles. The number of imidazole rings is 1. The second-order valence-electron chi connectivity index (χ2n) is 4.83. The van der Waals surface area contributed by atoms with Crippen molar-refractivity contribution < 1.29 is 0 Å². The van der Waals surface area contributed by atoms with Gasteiger partial charge in [-0.25, -0.2) is 9.97 Å². The molecule has 0 saturated carbocycles. The zero-order valence-electron chi connectivity index (χ0n) is 11.1. The molecule has 0 aliphatic heterocycles. The van der Waals surface area contributed by atoms with Crippen molar-refractivity contribution in [1.82, 2.24) is 15.0 Å². The maximum Gasteiger partial charge on any atom is 0.180 e. The first-order chi connectivity index (χ1) is 9.61. The third-order valence-corrected chi connectivity index (χ3v) is 4.39. The molecule has 104 valence electrons. The second kappa shape index (κ2) is 5.54. The van der Waals surface area contributed by atoms with Crippen molar-refractivity contribution in [3.8, 4) is 0 Å². The number of nitrogen functional groups attached to an aromatic ring is 1. The molecule has 3 N–H and O–H groups in total. The Morgan fingerprint density at radius 1 is 1.30 bits per heavy atom. The van der Waals surface area contributed by atoms with Crippen LogP contribution in [0.15, 0.2) is 22.0 Å². The number of hydrogen-bond acceptors (Lipinski definition) is 4. The van der Waals surface area contributed by atoms with Crippen LogP contribution in [0.25, 0.3) is 11.0 Å². The first-order valence-corrected chi connectivity index (χ1v) is 8.14. The number of rotatable bonds is 4. The summed E-state index contributed by atoms with van der Waals surface area (Å²) in [5, 5.41) is 2.67. The number of anilines is 1. The molecule has 0 unspecified atom stereocenters. The van der Waals surface area contributed by atoms with Gasteiger partial charge < -0.3 is 10.7 Å². The lowest BCUT2D eigenvalue weighted by molar-refractivity contribution is 0.774. The van der Waals surface area contributed by atoms with Crippen LogP contribution in [0.1, 0.15) is 23.5 Å². The molecule has 6 heteroatoms. The molecule has 2 aromatic heterocycles. The fraction of sp³-hybridized carbons (Fsp3) is 0.286. The molecule has 0 radical (unpaired) electrons. The number of fused-ring (bicyclic) bond motifs is 1. The van der Waals surface area contributed by atoms with Crippen molar-refractivity contribution in [2.75, 3.05) is 5.73 Å². The van der Waals surface area contributed by atoms with E-state index in [2.05, 4.69) is 49.9 Å². The Balaban J connectivity index is 1.70. The van der Waals surface area contributed by atoms with Gasteiger partial charge in [0.2, 0.25) is 0 Å². The molecule has 0 atom stereocenters. The lowest BCUT2D eigenvalue weighted by Gasteiger charge is -1.95. The molecule has 20 heavy (non-hydrogen) atoms. The lowest BCUT2D eigenvalue weighted by atomic mass is 10.2. The van der Waals surface area contributed by atoms with Gasteiger partial charge in [0.25, 0.3) is 0 Å². The van der Waals surface area contributed by atoms with E-state index in [1.165, 1.54) is 16.9 Å². The van der Waals surface area contributed by atoms with Gasteiger partial charge in [0.1, 0.15) is 5.82 Å². The standard InChI is InChI=1S/C14H15BrN4S/c1-8-5-9(15)6-11-13(8)19-12(18-11)4-2-3-10-7-20-14(16)17-10/h5-7H,2-4H2,1H3,(H2,16,17)(H,18,19). The second-order valence-corrected chi connectivity index (χ2v) is 6.64. The van der Waals surface area contributed by atoms with Crippen molar-refractivity contribution in [3.05, 3.63) is 39.1 Å². The summed E-state index contributed by atoms with van der Waals surface area (Å²) in [4.78, 5) is 12.3. The van der Waals surface area contributed by atoms with Crippen LogP contribution >= 0.6 is 27.3 Å². The molecule has 0 amide bonds. The van der Waals surface area contributed by atoms with Crippen molar-refractivity contribution in [2.45, 2.75) is 26.2 Å². The van der Waals surface area contributed by atoms with Gasteiger partial charge >= 0.3 is 0 Å². The number of nitrogens with zero attached hydrogens (tertiary/aromatic N) is 2. The Morgan fingerprint density at radius 3 is 2.90 bits per heavy atom. The summed E-state index contributed by atoms with van der Waals surface area (Å²) < 4.78 is 1.08. The Hall–Kier alpha value is -1.40. The SMILES string of the molecule is Cc1cc(Br)cc2[nH]c(CCCc3csc(N)n3)nc12. The molecule has 3 aromatic rings.